The van der Waals surface area contributed by atoms with E-state index in [0.29, 0.717) is 35.4 Å². The van der Waals surface area contributed by atoms with Crippen LogP contribution in [0.15, 0.2) is 42.5 Å². The molecular weight excluding hydrogens is 356 g/mol. The van der Waals surface area contributed by atoms with E-state index in [2.05, 4.69) is 4.98 Å². The molecule has 0 saturated carbocycles. The van der Waals surface area contributed by atoms with E-state index in [1.165, 1.54) is 0 Å². The van der Waals surface area contributed by atoms with Gasteiger partial charge in [0.2, 0.25) is 11.8 Å². The van der Waals surface area contributed by atoms with Gasteiger partial charge in [-0.15, -0.1) is 0 Å². The van der Waals surface area contributed by atoms with E-state index in [0.717, 1.165) is 12.8 Å². The molecule has 2 fully saturated rings. The molecule has 2 unspecified atom stereocenters. The first kappa shape index (κ1) is 17.0. The predicted molar refractivity (Wildman–Crippen MR) is 96.1 cm³/mol. The molecule has 136 valence electrons. The molecular formula is C19H19ClN2O4. The molecule has 0 aliphatic carbocycles. The van der Waals surface area contributed by atoms with Crippen molar-refractivity contribution in [1.29, 1.82) is 0 Å². The fourth-order valence-corrected chi connectivity index (χ4v) is 3.99. The third-order valence-electron chi connectivity index (χ3n) is 4.94. The van der Waals surface area contributed by atoms with Crippen LogP contribution in [0.2, 0.25) is 5.02 Å². The minimum absolute atomic E-state index is 0.0311. The Kier molecular flexibility index (Phi) is 4.59. The first-order chi connectivity index (χ1) is 12.6. The summed E-state index contributed by atoms with van der Waals surface area (Å²) in [5.74, 6) is 1.38. The largest absolute Gasteiger partial charge is 0.474 e. The van der Waals surface area contributed by atoms with Gasteiger partial charge in [0.05, 0.1) is 0 Å². The van der Waals surface area contributed by atoms with Crippen LogP contribution in [0.25, 0.3) is 0 Å². The Bertz CT molecular complexity index is 787. The number of benzene rings is 1. The fraction of sp³-hybridized carbons (Fsp3) is 0.368. The Morgan fingerprint density at radius 3 is 2.46 bits per heavy atom. The minimum Gasteiger partial charge on any atom is -0.474 e. The van der Waals surface area contributed by atoms with Gasteiger partial charge in [-0.1, -0.05) is 29.8 Å². The Morgan fingerprint density at radius 2 is 1.81 bits per heavy atom. The predicted octanol–water partition coefficient (Wildman–Crippen LogP) is 4.58. The van der Waals surface area contributed by atoms with Crippen LogP contribution in [0.3, 0.4) is 0 Å². The quantitative estimate of drug-likeness (QED) is 0.848. The van der Waals surface area contributed by atoms with Gasteiger partial charge < -0.3 is 19.5 Å². The SMILES string of the molecule is O=C(O)N1C2CCC1CC(Oc1ccc(Cl)c(Oc3ccccc3)n1)C2. The molecule has 2 aliphatic rings. The Morgan fingerprint density at radius 1 is 1.12 bits per heavy atom. The number of hydrogen-bond donors (Lipinski definition) is 1. The second kappa shape index (κ2) is 7.03. The topological polar surface area (TPSA) is 71.9 Å². The maximum atomic E-state index is 11.4. The Balaban J connectivity index is 1.46. The van der Waals surface area contributed by atoms with Crippen molar-refractivity contribution in [2.24, 2.45) is 0 Å². The first-order valence-electron chi connectivity index (χ1n) is 8.67. The summed E-state index contributed by atoms with van der Waals surface area (Å²) in [5.41, 5.74) is 0. The number of carboxylic acid groups (broad SMARTS) is 1. The summed E-state index contributed by atoms with van der Waals surface area (Å²) < 4.78 is 11.8. The van der Waals surface area contributed by atoms with E-state index < -0.39 is 6.09 Å². The highest BCUT2D eigenvalue weighted by atomic mass is 35.5. The number of hydrogen-bond acceptors (Lipinski definition) is 4. The second-order valence-electron chi connectivity index (χ2n) is 6.64. The molecule has 2 saturated heterocycles. The van der Waals surface area contributed by atoms with E-state index in [4.69, 9.17) is 21.1 Å². The number of nitrogens with zero attached hydrogens (tertiary/aromatic N) is 2. The summed E-state index contributed by atoms with van der Waals surface area (Å²) in [6.45, 7) is 0. The van der Waals surface area contributed by atoms with Crippen molar-refractivity contribution in [3.63, 3.8) is 0 Å². The molecule has 0 spiro atoms. The number of ether oxygens (including phenoxy) is 2. The van der Waals surface area contributed by atoms with Crippen LogP contribution in [-0.2, 0) is 0 Å². The van der Waals surface area contributed by atoms with Crippen molar-refractivity contribution >= 4 is 17.7 Å². The zero-order valence-corrected chi connectivity index (χ0v) is 14.8. The molecule has 4 rings (SSSR count). The lowest BCUT2D eigenvalue weighted by molar-refractivity contribution is 0.0475. The summed E-state index contributed by atoms with van der Waals surface area (Å²) in [6.07, 6.45) is 2.27. The summed E-state index contributed by atoms with van der Waals surface area (Å²) in [7, 11) is 0. The van der Waals surface area contributed by atoms with Crippen LogP contribution in [0.5, 0.6) is 17.5 Å². The van der Waals surface area contributed by atoms with Gasteiger partial charge in [-0.2, -0.15) is 4.98 Å². The van der Waals surface area contributed by atoms with Crippen LogP contribution < -0.4 is 9.47 Å². The van der Waals surface area contributed by atoms with E-state index in [1.54, 1.807) is 17.0 Å². The molecule has 1 aromatic carbocycles. The van der Waals surface area contributed by atoms with E-state index in [-0.39, 0.29) is 18.2 Å². The fourth-order valence-electron chi connectivity index (χ4n) is 3.85. The van der Waals surface area contributed by atoms with Gasteiger partial charge in [0, 0.05) is 31.0 Å². The average molecular weight is 375 g/mol. The number of carbonyl (C=O) groups is 1. The third-order valence-corrected chi connectivity index (χ3v) is 5.23. The van der Waals surface area contributed by atoms with Crippen LogP contribution in [-0.4, -0.2) is 39.3 Å². The molecule has 1 amide bonds. The van der Waals surface area contributed by atoms with Gasteiger partial charge >= 0.3 is 6.09 Å². The lowest BCUT2D eigenvalue weighted by Gasteiger charge is -2.36. The van der Waals surface area contributed by atoms with E-state index in [9.17, 15) is 9.90 Å². The van der Waals surface area contributed by atoms with Crippen molar-refractivity contribution in [3.05, 3.63) is 47.5 Å². The normalized spacial score (nSPS) is 24.3. The van der Waals surface area contributed by atoms with Gasteiger partial charge in [-0.3, -0.25) is 0 Å². The minimum atomic E-state index is -0.834. The maximum Gasteiger partial charge on any atom is 0.407 e. The number of amides is 1. The summed E-state index contributed by atoms with van der Waals surface area (Å²) in [5, 5.41) is 9.75. The van der Waals surface area contributed by atoms with Crippen LogP contribution in [0.4, 0.5) is 4.79 Å². The summed E-state index contributed by atoms with van der Waals surface area (Å²) in [6, 6.07) is 12.8. The number of rotatable bonds is 4. The average Bonchev–Trinajstić information content (AvgIpc) is 2.90. The van der Waals surface area contributed by atoms with Gasteiger partial charge in [0.15, 0.2) is 0 Å². The zero-order valence-electron chi connectivity index (χ0n) is 14.0. The lowest BCUT2D eigenvalue weighted by Crippen LogP contribution is -2.48. The number of pyridine rings is 1. The van der Waals surface area contributed by atoms with Crippen LogP contribution >= 0.6 is 11.6 Å². The van der Waals surface area contributed by atoms with Crippen molar-refractivity contribution in [1.82, 2.24) is 9.88 Å². The van der Waals surface area contributed by atoms with Gasteiger partial charge in [-0.25, -0.2) is 4.79 Å². The highest BCUT2D eigenvalue weighted by molar-refractivity contribution is 6.31. The Hall–Kier alpha value is -2.47. The smallest absolute Gasteiger partial charge is 0.407 e. The van der Waals surface area contributed by atoms with Gasteiger partial charge in [0.25, 0.3) is 0 Å². The van der Waals surface area contributed by atoms with Gasteiger partial charge in [0.1, 0.15) is 16.9 Å². The number of piperidine rings is 1. The maximum absolute atomic E-state index is 11.4. The number of para-hydroxylation sites is 1. The third kappa shape index (κ3) is 3.42. The standard InChI is InChI=1S/C19H19ClN2O4/c20-16-8-9-17(21-18(16)26-14-4-2-1-3-5-14)25-15-10-12-6-7-13(11-15)22(12)19(23)24/h1-5,8-9,12-13,15H,6-7,10-11H2,(H,23,24). The molecule has 1 aromatic heterocycles. The number of halogens is 1. The van der Waals surface area contributed by atoms with Crippen molar-refractivity contribution < 1.29 is 19.4 Å². The summed E-state index contributed by atoms with van der Waals surface area (Å²) in [4.78, 5) is 17.3. The molecule has 2 aromatic rings. The van der Waals surface area contributed by atoms with E-state index >= 15 is 0 Å². The second-order valence-corrected chi connectivity index (χ2v) is 7.04. The number of fused-ring (bicyclic) bond motifs is 2. The van der Waals surface area contributed by atoms with Crippen molar-refractivity contribution in [2.75, 3.05) is 0 Å². The molecule has 2 atom stereocenters. The van der Waals surface area contributed by atoms with Crippen LogP contribution in [0.1, 0.15) is 25.7 Å². The molecule has 6 nitrogen and oxygen atoms in total. The number of aromatic nitrogens is 1. The van der Waals surface area contributed by atoms with Crippen molar-refractivity contribution in [3.8, 4) is 17.5 Å². The van der Waals surface area contributed by atoms with Gasteiger partial charge in [-0.05, 0) is 31.0 Å². The van der Waals surface area contributed by atoms with E-state index in [1.807, 2.05) is 30.3 Å². The summed E-state index contributed by atoms with van der Waals surface area (Å²) >= 11 is 6.18. The first-order valence-corrected chi connectivity index (χ1v) is 9.05. The van der Waals surface area contributed by atoms with Crippen LogP contribution in [0, 0.1) is 0 Å². The highest BCUT2D eigenvalue weighted by Crippen LogP contribution is 2.37. The van der Waals surface area contributed by atoms with Crippen molar-refractivity contribution in [2.45, 2.75) is 43.9 Å². The molecule has 7 heteroatoms. The molecule has 2 aliphatic heterocycles. The lowest BCUT2D eigenvalue weighted by atomic mass is 10.0. The molecule has 0 radical (unpaired) electrons. The monoisotopic (exact) mass is 374 g/mol. The zero-order chi connectivity index (χ0) is 18.1. The molecule has 26 heavy (non-hydrogen) atoms. The molecule has 2 bridgehead atoms. The highest BCUT2D eigenvalue weighted by Gasteiger charge is 2.44. The Labute approximate surface area is 156 Å². The molecule has 1 N–H and O–H groups in total. The molecule has 3 heterocycles.